The summed E-state index contributed by atoms with van der Waals surface area (Å²) < 4.78 is 0. The van der Waals surface area contributed by atoms with Gasteiger partial charge >= 0.3 is 0 Å². The summed E-state index contributed by atoms with van der Waals surface area (Å²) in [4.78, 5) is 4.24. The van der Waals surface area contributed by atoms with Gasteiger partial charge in [0.2, 0.25) is 0 Å². The quantitative estimate of drug-likeness (QED) is 0.722. The van der Waals surface area contributed by atoms with E-state index in [1.165, 1.54) is 0 Å². The summed E-state index contributed by atoms with van der Waals surface area (Å²) in [6.07, 6.45) is 1.67. The molecular weight excluding hydrogens is 162 g/mol. The first-order valence-electron chi connectivity index (χ1n) is 4.22. The maximum Gasteiger partial charge on any atom is 0.0449 e. The van der Waals surface area contributed by atoms with Crippen molar-refractivity contribution < 1.29 is 0 Å². The van der Waals surface area contributed by atoms with Crippen LogP contribution in [0.4, 0.5) is 5.69 Å². The average molecular weight is 177 g/mol. The summed E-state index contributed by atoms with van der Waals surface area (Å²) in [6.45, 7) is 7.75. The summed E-state index contributed by atoms with van der Waals surface area (Å²) >= 11 is 0. The molecule has 3 nitrogen and oxygen atoms in total. The fraction of sp³-hybridized carbons (Fsp3) is 0.300. The summed E-state index contributed by atoms with van der Waals surface area (Å²) in [5.74, 6) is 0.377. The summed E-state index contributed by atoms with van der Waals surface area (Å²) in [5.41, 5.74) is 14.1. The zero-order valence-corrected chi connectivity index (χ0v) is 8.04. The van der Waals surface area contributed by atoms with Crippen molar-refractivity contribution in [1.82, 2.24) is 4.98 Å². The minimum Gasteiger partial charge on any atom is -0.399 e. The number of rotatable bonds is 2. The lowest BCUT2D eigenvalue weighted by molar-refractivity contribution is 0.823. The second-order valence-electron chi connectivity index (χ2n) is 3.38. The van der Waals surface area contributed by atoms with Crippen molar-refractivity contribution in [2.24, 2.45) is 5.73 Å². The smallest absolute Gasteiger partial charge is 0.0449 e. The van der Waals surface area contributed by atoms with E-state index in [1.54, 1.807) is 6.20 Å². The minimum atomic E-state index is 0.377. The molecule has 0 saturated carbocycles. The monoisotopic (exact) mass is 177 g/mol. The van der Waals surface area contributed by atoms with Crippen LogP contribution in [-0.4, -0.2) is 4.98 Å². The van der Waals surface area contributed by atoms with E-state index in [2.05, 4.69) is 25.4 Å². The largest absolute Gasteiger partial charge is 0.399 e. The van der Waals surface area contributed by atoms with E-state index < -0.39 is 0 Å². The van der Waals surface area contributed by atoms with Crippen LogP contribution in [0, 0.1) is 0 Å². The fourth-order valence-electron chi connectivity index (χ4n) is 1.07. The van der Waals surface area contributed by atoms with Gasteiger partial charge in [0, 0.05) is 28.8 Å². The Kier molecular flexibility index (Phi) is 2.56. The molecule has 3 heteroatoms. The third-order valence-electron chi connectivity index (χ3n) is 1.89. The van der Waals surface area contributed by atoms with Gasteiger partial charge in [0.25, 0.3) is 0 Å². The van der Waals surface area contributed by atoms with Gasteiger partial charge in [0.1, 0.15) is 0 Å². The maximum absolute atomic E-state index is 5.78. The van der Waals surface area contributed by atoms with Gasteiger partial charge in [0.05, 0.1) is 0 Å². The third kappa shape index (κ3) is 1.99. The van der Waals surface area contributed by atoms with Crippen molar-refractivity contribution >= 4 is 11.4 Å². The van der Waals surface area contributed by atoms with E-state index in [0.717, 1.165) is 11.3 Å². The van der Waals surface area contributed by atoms with Crippen LogP contribution >= 0.6 is 0 Å². The summed E-state index contributed by atoms with van der Waals surface area (Å²) in [5, 5.41) is 0. The Labute approximate surface area is 78.5 Å². The van der Waals surface area contributed by atoms with E-state index in [0.29, 0.717) is 17.3 Å². The third-order valence-corrected chi connectivity index (χ3v) is 1.89. The van der Waals surface area contributed by atoms with E-state index in [-0.39, 0.29) is 0 Å². The molecule has 1 rings (SSSR count). The molecule has 0 unspecified atom stereocenters. The molecule has 4 N–H and O–H groups in total. The zero-order chi connectivity index (χ0) is 10.0. The number of hydrogen-bond donors (Lipinski definition) is 2. The predicted molar refractivity (Wildman–Crippen MR) is 56.0 cm³/mol. The Balaban J connectivity index is 3.13. The molecule has 0 aliphatic heterocycles. The highest BCUT2D eigenvalue weighted by molar-refractivity contribution is 5.70. The van der Waals surface area contributed by atoms with Gasteiger partial charge in [-0.15, -0.1) is 0 Å². The SMILES string of the molecule is C=C(N)c1cnc(C(C)C)cc1N. The van der Waals surface area contributed by atoms with Crippen molar-refractivity contribution in [3.05, 3.63) is 30.1 Å². The Morgan fingerprint density at radius 3 is 2.54 bits per heavy atom. The van der Waals surface area contributed by atoms with Gasteiger partial charge in [-0.1, -0.05) is 20.4 Å². The Morgan fingerprint density at radius 2 is 2.15 bits per heavy atom. The van der Waals surface area contributed by atoms with E-state index in [1.807, 2.05) is 6.07 Å². The highest BCUT2D eigenvalue weighted by atomic mass is 14.7. The van der Waals surface area contributed by atoms with Crippen LogP contribution in [0.25, 0.3) is 5.70 Å². The Morgan fingerprint density at radius 1 is 1.54 bits per heavy atom. The topological polar surface area (TPSA) is 64.9 Å². The lowest BCUT2D eigenvalue weighted by atomic mass is 10.1. The normalized spacial score (nSPS) is 10.4. The first-order chi connectivity index (χ1) is 6.02. The van der Waals surface area contributed by atoms with Crippen molar-refractivity contribution in [2.45, 2.75) is 19.8 Å². The van der Waals surface area contributed by atoms with E-state index in [4.69, 9.17) is 11.5 Å². The van der Waals surface area contributed by atoms with Gasteiger partial charge in [-0.25, -0.2) is 0 Å². The number of nitrogens with two attached hydrogens (primary N) is 2. The first-order valence-corrected chi connectivity index (χ1v) is 4.22. The molecule has 0 bridgehead atoms. The highest BCUT2D eigenvalue weighted by Gasteiger charge is 2.05. The van der Waals surface area contributed by atoms with Crippen LogP contribution in [0.15, 0.2) is 18.8 Å². The van der Waals surface area contributed by atoms with Crippen LogP contribution in [-0.2, 0) is 0 Å². The standard InChI is InChI=1S/C10H15N3/c1-6(2)10-4-9(12)8(5-13-10)7(3)11/h4-6H,3,11H2,1-2H3,(H2,12,13). The second-order valence-corrected chi connectivity index (χ2v) is 3.38. The Bertz CT molecular complexity index is 329. The molecule has 0 aromatic carbocycles. The van der Waals surface area contributed by atoms with Crippen LogP contribution < -0.4 is 11.5 Å². The lowest BCUT2D eigenvalue weighted by Crippen LogP contribution is -2.03. The molecule has 0 aliphatic carbocycles. The maximum atomic E-state index is 5.78. The second kappa shape index (κ2) is 3.47. The van der Waals surface area contributed by atoms with Crippen molar-refractivity contribution in [3.63, 3.8) is 0 Å². The molecule has 1 aromatic rings. The van der Waals surface area contributed by atoms with Crippen LogP contribution in [0.3, 0.4) is 0 Å². The molecule has 0 radical (unpaired) electrons. The molecule has 0 saturated heterocycles. The van der Waals surface area contributed by atoms with Gasteiger partial charge in [-0.2, -0.15) is 0 Å². The summed E-state index contributed by atoms with van der Waals surface area (Å²) in [6, 6.07) is 1.85. The number of aromatic nitrogens is 1. The molecule has 0 aliphatic rings. The predicted octanol–water partition coefficient (Wildman–Crippen LogP) is 1.72. The van der Waals surface area contributed by atoms with Crippen molar-refractivity contribution in [1.29, 1.82) is 0 Å². The molecule has 1 heterocycles. The van der Waals surface area contributed by atoms with Crippen LogP contribution in [0.2, 0.25) is 0 Å². The molecule has 0 atom stereocenters. The number of anilines is 1. The number of hydrogen-bond acceptors (Lipinski definition) is 3. The van der Waals surface area contributed by atoms with E-state index in [9.17, 15) is 0 Å². The zero-order valence-electron chi connectivity index (χ0n) is 8.04. The van der Waals surface area contributed by atoms with E-state index >= 15 is 0 Å². The fourth-order valence-corrected chi connectivity index (χ4v) is 1.07. The lowest BCUT2D eigenvalue weighted by Gasteiger charge is -2.08. The minimum absolute atomic E-state index is 0.377. The molecule has 0 amide bonds. The molecule has 0 fully saturated rings. The van der Waals surface area contributed by atoms with Crippen LogP contribution in [0.5, 0.6) is 0 Å². The number of nitrogen functional groups attached to an aromatic ring is 1. The van der Waals surface area contributed by atoms with Gasteiger partial charge < -0.3 is 11.5 Å². The van der Waals surface area contributed by atoms with Gasteiger partial charge in [0.15, 0.2) is 0 Å². The van der Waals surface area contributed by atoms with Crippen LogP contribution in [0.1, 0.15) is 31.0 Å². The average Bonchev–Trinajstić information content (AvgIpc) is 2.03. The van der Waals surface area contributed by atoms with Crippen molar-refractivity contribution in [3.8, 4) is 0 Å². The molecular formula is C10H15N3. The molecule has 1 aromatic heterocycles. The number of pyridine rings is 1. The summed E-state index contributed by atoms with van der Waals surface area (Å²) in [7, 11) is 0. The molecule has 0 spiro atoms. The number of nitrogens with zero attached hydrogens (tertiary/aromatic N) is 1. The molecule has 13 heavy (non-hydrogen) atoms. The van der Waals surface area contributed by atoms with Gasteiger partial charge in [-0.05, 0) is 12.0 Å². The highest BCUT2D eigenvalue weighted by Crippen LogP contribution is 2.20. The Hall–Kier alpha value is -1.51. The van der Waals surface area contributed by atoms with Crippen molar-refractivity contribution in [2.75, 3.05) is 5.73 Å². The molecule has 70 valence electrons. The first kappa shape index (κ1) is 9.58. The van der Waals surface area contributed by atoms with Gasteiger partial charge in [-0.3, -0.25) is 4.98 Å².